The minimum atomic E-state index is -0.0755. The Balaban J connectivity index is 0.937. The molecule has 2 aromatic heterocycles. The topological polar surface area (TPSA) is 109 Å². The lowest BCUT2D eigenvalue weighted by molar-refractivity contribution is -0.121. The van der Waals surface area contributed by atoms with Gasteiger partial charge in [-0.2, -0.15) is 0 Å². The third-order valence-electron chi connectivity index (χ3n) is 12.9. The van der Waals surface area contributed by atoms with E-state index in [1.54, 1.807) is 14.2 Å². The third-order valence-corrected chi connectivity index (χ3v) is 13.7. The molecule has 2 atom stereocenters. The maximum Gasteiger partial charge on any atom is 0.220 e. The summed E-state index contributed by atoms with van der Waals surface area (Å²) < 4.78 is 11.9. The molecular formula is C42H42Cl2N6O4. The van der Waals surface area contributed by atoms with Crippen LogP contribution in [0.2, 0.25) is 10.0 Å². The Bertz CT molecular complexity index is 2090. The second kappa shape index (κ2) is 12.7. The molecule has 2 spiro atoms. The van der Waals surface area contributed by atoms with E-state index in [4.69, 9.17) is 42.6 Å². The first kappa shape index (κ1) is 34.3. The van der Waals surface area contributed by atoms with Crippen LogP contribution in [0.4, 0.5) is 0 Å². The molecule has 12 heteroatoms. The fourth-order valence-corrected chi connectivity index (χ4v) is 11.0. The van der Waals surface area contributed by atoms with Crippen LogP contribution in [-0.4, -0.2) is 84.1 Å². The molecule has 0 saturated carbocycles. The third kappa shape index (κ3) is 5.35. The predicted octanol–water partition coefficient (Wildman–Crippen LogP) is 6.56. The number of halogens is 2. The smallest absolute Gasteiger partial charge is 0.220 e. The van der Waals surface area contributed by atoms with Gasteiger partial charge in [0.15, 0.2) is 0 Å². The Labute approximate surface area is 324 Å². The summed E-state index contributed by atoms with van der Waals surface area (Å²) in [4.78, 5) is 38.9. The largest absolute Gasteiger partial charge is 0.481 e. The molecule has 54 heavy (non-hydrogen) atoms. The number of carbonyl (C=O) groups excluding carboxylic acids is 2. The van der Waals surface area contributed by atoms with Gasteiger partial charge in [-0.05, 0) is 55.4 Å². The second-order valence-electron chi connectivity index (χ2n) is 16.2. The average molecular weight is 766 g/mol. The second-order valence-corrected chi connectivity index (χ2v) is 17.0. The lowest BCUT2D eigenvalue weighted by Gasteiger charge is -2.50. The number of aromatic nitrogens is 2. The number of nitrogens with zero attached hydrogens (tertiary/aromatic N) is 4. The molecule has 2 aliphatic carbocycles. The number of carbonyl (C=O) groups is 2. The molecule has 0 unspecified atom stereocenters. The molecule has 10 rings (SSSR count). The van der Waals surface area contributed by atoms with Gasteiger partial charge in [0.1, 0.15) is 0 Å². The lowest BCUT2D eigenvalue weighted by Crippen LogP contribution is -2.67. The first-order chi connectivity index (χ1) is 26.2. The van der Waals surface area contributed by atoms with E-state index in [9.17, 15) is 9.59 Å². The standard InChI is InChI=1S/C42H42Cl2N6O4/c1-53-39-35-23(9-11-31(35)49-19-41(20-49)17-34(52)45-18-41)15-29(46-39)27-7-3-5-25(37(27)43)26-6-4-8-28(38(26)44)30-16-24-10-12-32(36(24)40(47-30)54-2)50-21-42(22-50)14-13-33(51)48-42/h3-8,15-16,31-32H,9-14,17-22H2,1-2H3,(H,45,52)(H,48,51)/t31-,32-/m1/s1. The minimum Gasteiger partial charge on any atom is -0.481 e. The highest BCUT2D eigenvalue weighted by atomic mass is 35.5. The van der Waals surface area contributed by atoms with Crippen molar-refractivity contribution in [1.29, 1.82) is 0 Å². The Morgan fingerprint density at radius 3 is 1.70 bits per heavy atom. The molecule has 0 radical (unpaired) electrons. The summed E-state index contributed by atoms with van der Waals surface area (Å²) in [6.45, 7) is 4.29. The van der Waals surface area contributed by atoms with Crippen molar-refractivity contribution < 1.29 is 19.1 Å². The molecule has 2 N–H and O–H groups in total. The normalized spacial score (nSPS) is 23.6. The summed E-state index contributed by atoms with van der Waals surface area (Å²) in [5.74, 6) is 1.57. The van der Waals surface area contributed by atoms with Crippen LogP contribution in [0.5, 0.6) is 11.8 Å². The monoisotopic (exact) mass is 764 g/mol. The first-order valence-electron chi connectivity index (χ1n) is 19.0. The highest BCUT2D eigenvalue weighted by Crippen LogP contribution is 2.51. The molecule has 4 fully saturated rings. The van der Waals surface area contributed by atoms with Gasteiger partial charge in [-0.3, -0.25) is 19.4 Å². The van der Waals surface area contributed by atoms with Crippen LogP contribution in [0, 0.1) is 5.41 Å². The zero-order valence-electron chi connectivity index (χ0n) is 30.4. The van der Waals surface area contributed by atoms with Gasteiger partial charge in [0.2, 0.25) is 23.6 Å². The van der Waals surface area contributed by atoms with E-state index < -0.39 is 0 Å². The number of nitrogens with one attached hydrogen (secondary N) is 2. The van der Waals surface area contributed by atoms with Crippen LogP contribution in [0.1, 0.15) is 66.4 Å². The van der Waals surface area contributed by atoms with Crippen molar-refractivity contribution in [3.8, 4) is 45.4 Å². The number of pyridine rings is 2. The zero-order valence-corrected chi connectivity index (χ0v) is 31.9. The number of hydrogen-bond acceptors (Lipinski definition) is 8. The van der Waals surface area contributed by atoms with Crippen LogP contribution < -0.4 is 20.1 Å². The van der Waals surface area contributed by atoms with Gasteiger partial charge in [-0.25, -0.2) is 9.97 Å². The Morgan fingerprint density at radius 2 is 1.24 bits per heavy atom. The molecule has 10 nitrogen and oxygen atoms in total. The van der Waals surface area contributed by atoms with E-state index in [0.717, 1.165) is 110 Å². The number of rotatable bonds is 7. The predicted molar refractivity (Wildman–Crippen MR) is 207 cm³/mol. The number of benzene rings is 2. The SMILES string of the molecule is COc1nc(-c2cccc(-c3cccc(-c4cc5c(c(OC)n4)[C@H](N4CC6(CCC(=O)N6)C4)CC5)c3Cl)c2Cl)cc2c1[C@H](N1CC3(CNC(=O)C3)C1)CC2. The van der Waals surface area contributed by atoms with Gasteiger partial charge < -0.3 is 20.1 Å². The molecule has 278 valence electrons. The van der Waals surface area contributed by atoms with Gasteiger partial charge in [0.05, 0.1) is 41.2 Å². The van der Waals surface area contributed by atoms with Crippen LogP contribution in [-0.2, 0) is 22.4 Å². The summed E-state index contributed by atoms with van der Waals surface area (Å²) in [5.41, 5.74) is 9.49. The fourth-order valence-electron chi connectivity index (χ4n) is 10.3. The van der Waals surface area contributed by atoms with Crippen LogP contribution >= 0.6 is 23.2 Å². The summed E-state index contributed by atoms with van der Waals surface area (Å²) in [6, 6.07) is 16.7. The lowest BCUT2D eigenvalue weighted by atomic mass is 9.77. The van der Waals surface area contributed by atoms with E-state index in [2.05, 4.69) is 32.6 Å². The zero-order chi connectivity index (χ0) is 36.9. The summed E-state index contributed by atoms with van der Waals surface area (Å²) in [6.07, 6.45) is 5.95. The first-order valence-corrected chi connectivity index (χ1v) is 19.7. The van der Waals surface area contributed by atoms with Crippen molar-refractivity contribution in [3.05, 3.63) is 80.8 Å². The molecule has 4 aromatic rings. The quantitative estimate of drug-likeness (QED) is 0.218. The number of fused-ring (bicyclic) bond motifs is 2. The van der Waals surface area contributed by atoms with E-state index in [-0.39, 0.29) is 34.9 Å². The van der Waals surface area contributed by atoms with E-state index in [0.29, 0.717) is 34.6 Å². The van der Waals surface area contributed by atoms with Gasteiger partial charge in [0.25, 0.3) is 0 Å². The molecule has 4 aliphatic heterocycles. The number of hydrogen-bond donors (Lipinski definition) is 2. The van der Waals surface area contributed by atoms with Crippen LogP contribution in [0.15, 0.2) is 48.5 Å². The van der Waals surface area contributed by atoms with Crippen LogP contribution in [0.25, 0.3) is 33.6 Å². The number of likely N-dealkylation sites (tertiary alicyclic amines) is 2. The fraction of sp³-hybridized carbons (Fsp3) is 0.429. The summed E-state index contributed by atoms with van der Waals surface area (Å²) >= 11 is 14.6. The van der Waals surface area contributed by atoms with Gasteiger partial charge in [-0.1, -0.05) is 59.6 Å². The molecular weight excluding hydrogens is 723 g/mol. The molecule has 2 aromatic carbocycles. The van der Waals surface area contributed by atoms with E-state index in [1.165, 1.54) is 11.1 Å². The van der Waals surface area contributed by atoms with Gasteiger partial charge in [-0.15, -0.1) is 0 Å². The maximum absolute atomic E-state index is 11.9. The maximum atomic E-state index is 11.9. The van der Waals surface area contributed by atoms with Crippen LogP contribution in [0.3, 0.4) is 0 Å². The molecule has 2 amide bonds. The number of methoxy groups -OCH3 is 2. The highest BCUT2D eigenvalue weighted by molar-refractivity contribution is 6.39. The van der Waals surface area contributed by atoms with E-state index >= 15 is 0 Å². The Kier molecular flexibility index (Phi) is 8.04. The molecule has 6 aliphatic rings. The molecule has 6 heterocycles. The average Bonchev–Trinajstić information content (AvgIpc) is 3.95. The van der Waals surface area contributed by atoms with Gasteiger partial charge >= 0.3 is 0 Å². The van der Waals surface area contributed by atoms with Crippen molar-refractivity contribution in [3.63, 3.8) is 0 Å². The van der Waals surface area contributed by atoms with Crippen molar-refractivity contribution in [2.75, 3.05) is 46.9 Å². The number of ether oxygens (including phenoxy) is 2. The minimum absolute atomic E-state index is 0.0633. The van der Waals surface area contributed by atoms with Crippen molar-refractivity contribution in [2.24, 2.45) is 5.41 Å². The van der Waals surface area contributed by atoms with Crippen molar-refractivity contribution in [1.82, 2.24) is 30.4 Å². The summed E-state index contributed by atoms with van der Waals surface area (Å²) in [5, 5.41) is 7.35. The number of amides is 2. The highest BCUT2D eigenvalue weighted by Gasteiger charge is 2.52. The molecule has 4 saturated heterocycles. The van der Waals surface area contributed by atoms with Crippen molar-refractivity contribution in [2.45, 2.75) is 62.6 Å². The summed E-state index contributed by atoms with van der Waals surface area (Å²) in [7, 11) is 3.36. The number of aryl methyl sites for hydroxylation is 2. The van der Waals surface area contributed by atoms with Gasteiger partial charge in [0, 0.05) is 96.4 Å². The Hall–Kier alpha value is -4.22. The Morgan fingerprint density at radius 1 is 0.722 bits per heavy atom. The van der Waals surface area contributed by atoms with E-state index in [1.807, 2.05) is 36.4 Å². The molecule has 0 bridgehead atoms. The van der Waals surface area contributed by atoms with Crippen molar-refractivity contribution >= 4 is 35.0 Å².